The fourth-order valence-electron chi connectivity index (χ4n) is 3.99. The van der Waals surface area contributed by atoms with Crippen LogP contribution in [-0.4, -0.2) is 34.6 Å². The third kappa shape index (κ3) is 4.70. The summed E-state index contributed by atoms with van der Waals surface area (Å²) in [4.78, 5) is 14.3. The number of carboxylic acid groups (broad SMARTS) is 1. The Morgan fingerprint density at radius 2 is 1.95 bits per heavy atom. The van der Waals surface area contributed by atoms with E-state index in [9.17, 15) is 9.90 Å². The first-order valence-corrected chi connectivity index (χ1v) is 9.01. The van der Waals surface area contributed by atoms with Gasteiger partial charge < -0.3 is 5.11 Å². The molecule has 2 rings (SSSR count). The van der Waals surface area contributed by atoms with Crippen LogP contribution in [0.5, 0.6) is 0 Å². The lowest BCUT2D eigenvalue weighted by atomic mass is 9.75. The van der Waals surface area contributed by atoms with E-state index in [1.807, 2.05) is 0 Å². The Hall–Kier alpha value is -0.570. The molecule has 0 aromatic rings. The molecule has 2 saturated carbocycles. The van der Waals surface area contributed by atoms with E-state index in [0.717, 1.165) is 31.7 Å². The second-order valence-electron chi connectivity index (χ2n) is 7.63. The van der Waals surface area contributed by atoms with Gasteiger partial charge in [-0.1, -0.05) is 33.6 Å². The van der Waals surface area contributed by atoms with Gasteiger partial charge in [0.15, 0.2) is 0 Å². The van der Waals surface area contributed by atoms with Crippen molar-refractivity contribution in [3.8, 4) is 0 Å². The molecule has 3 unspecified atom stereocenters. The molecule has 122 valence electrons. The monoisotopic (exact) mass is 295 g/mol. The van der Waals surface area contributed by atoms with Crippen molar-refractivity contribution in [2.24, 2.45) is 17.8 Å². The predicted molar refractivity (Wildman–Crippen MR) is 86.3 cm³/mol. The zero-order valence-electron chi connectivity index (χ0n) is 14.1. The average Bonchev–Trinajstić information content (AvgIpc) is 3.23. The van der Waals surface area contributed by atoms with Gasteiger partial charge in [-0.05, 0) is 56.9 Å². The molecule has 3 atom stereocenters. The molecule has 21 heavy (non-hydrogen) atoms. The Morgan fingerprint density at radius 3 is 2.48 bits per heavy atom. The van der Waals surface area contributed by atoms with Crippen LogP contribution in [0.1, 0.15) is 72.1 Å². The standard InChI is InChI=1S/C18H33NO2/c1-4-5-14-6-9-16(18(20)21)17(12-14)19(15-7-8-15)11-10-13(2)3/h13-17H,4-12H2,1-3H3,(H,20,21). The smallest absolute Gasteiger partial charge is 0.308 e. The molecule has 0 bridgehead atoms. The summed E-state index contributed by atoms with van der Waals surface area (Å²) >= 11 is 0. The van der Waals surface area contributed by atoms with Gasteiger partial charge >= 0.3 is 5.97 Å². The maximum absolute atomic E-state index is 11.7. The van der Waals surface area contributed by atoms with E-state index < -0.39 is 5.97 Å². The van der Waals surface area contributed by atoms with Crippen molar-refractivity contribution >= 4 is 5.97 Å². The van der Waals surface area contributed by atoms with E-state index in [1.165, 1.54) is 32.1 Å². The topological polar surface area (TPSA) is 40.5 Å². The van der Waals surface area contributed by atoms with E-state index in [2.05, 4.69) is 25.7 Å². The molecule has 0 heterocycles. The third-order valence-electron chi connectivity index (χ3n) is 5.35. The van der Waals surface area contributed by atoms with Gasteiger partial charge in [0.25, 0.3) is 0 Å². The lowest BCUT2D eigenvalue weighted by Gasteiger charge is -2.41. The maximum atomic E-state index is 11.7. The molecular weight excluding hydrogens is 262 g/mol. The minimum atomic E-state index is -0.565. The molecular formula is C18H33NO2. The molecule has 0 amide bonds. The summed E-state index contributed by atoms with van der Waals surface area (Å²) in [7, 11) is 0. The number of rotatable bonds is 8. The van der Waals surface area contributed by atoms with Crippen LogP contribution in [0, 0.1) is 17.8 Å². The zero-order valence-corrected chi connectivity index (χ0v) is 14.1. The summed E-state index contributed by atoms with van der Waals surface area (Å²) in [6.07, 6.45) is 9.35. The van der Waals surface area contributed by atoms with Gasteiger partial charge in [0.2, 0.25) is 0 Å². The highest BCUT2D eigenvalue weighted by Gasteiger charge is 2.42. The molecule has 0 aliphatic heterocycles. The van der Waals surface area contributed by atoms with Crippen LogP contribution >= 0.6 is 0 Å². The van der Waals surface area contributed by atoms with Crippen molar-refractivity contribution in [3.05, 3.63) is 0 Å². The highest BCUT2D eigenvalue weighted by molar-refractivity contribution is 5.71. The molecule has 0 spiro atoms. The van der Waals surface area contributed by atoms with Crippen LogP contribution in [0.4, 0.5) is 0 Å². The number of hydrogen-bond donors (Lipinski definition) is 1. The third-order valence-corrected chi connectivity index (χ3v) is 5.35. The fraction of sp³-hybridized carbons (Fsp3) is 0.944. The molecule has 2 aliphatic carbocycles. The summed E-state index contributed by atoms with van der Waals surface area (Å²) in [6, 6.07) is 0.968. The first kappa shape index (κ1) is 16.8. The second kappa shape index (κ2) is 7.62. The van der Waals surface area contributed by atoms with E-state index in [-0.39, 0.29) is 5.92 Å². The number of aliphatic carboxylic acids is 1. The lowest BCUT2D eigenvalue weighted by molar-refractivity contribution is -0.146. The summed E-state index contributed by atoms with van der Waals surface area (Å²) in [5, 5.41) is 9.63. The van der Waals surface area contributed by atoms with Gasteiger partial charge in [-0.15, -0.1) is 0 Å². The van der Waals surface area contributed by atoms with Gasteiger partial charge in [-0.25, -0.2) is 0 Å². The van der Waals surface area contributed by atoms with Gasteiger partial charge in [0.1, 0.15) is 0 Å². The molecule has 0 radical (unpaired) electrons. The molecule has 2 fully saturated rings. The van der Waals surface area contributed by atoms with Gasteiger partial charge in [0.05, 0.1) is 5.92 Å². The van der Waals surface area contributed by atoms with Crippen molar-refractivity contribution in [1.82, 2.24) is 4.90 Å². The van der Waals surface area contributed by atoms with Gasteiger partial charge in [-0.2, -0.15) is 0 Å². The quantitative estimate of drug-likeness (QED) is 0.730. The van der Waals surface area contributed by atoms with Crippen LogP contribution < -0.4 is 0 Å². The fourth-order valence-corrected chi connectivity index (χ4v) is 3.99. The first-order chi connectivity index (χ1) is 10.0. The first-order valence-electron chi connectivity index (χ1n) is 9.01. The normalized spacial score (nSPS) is 30.0. The Balaban J connectivity index is 2.05. The summed E-state index contributed by atoms with van der Waals surface area (Å²) in [5.41, 5.74) is 0. The zero-order chi connectivity index (χ0) is 15.4. The number of nitrogens with zero attached hydrogens (tertiary/aromatic N) is 1. The number of carboxylic acids is 1. The van der Waals surface area contributed by atoms with Crippen molar-refractivity contribution < 1.29 is 9.90 Å². The molecule has 3 heteroatoms. The molecule has 0 saturated heterocycles. The van der Waals surface area contributed by atoms with Crippen molar-refractivity contribution in [3.63, 3.8) is 0 Å². The van der Waals surface area contributed by atoms with E-state index >= 15 is 0 Å². The molecule has 2 aliphatic rings. The Bertz CT molecular complexity index is 338. The summed E-state index contributed by atoms with van der Waals surface area (Å²) in [6.45, 7) is 7.87. The highest BCUT2D eigenvalue weighted by Crippen LogP contribution is 2.40. The van der Waals surface area contributed by atoms with Crippen LogP contribution in [0.15, 0.2) is 0 Å². The minimum absolute atomic E-state index is 0.133. The van der Waals surface area contributed by atoms with E-state index in [4.69, 9.17) is 0 Å². The molecule has 0 aromatic carbocycles. The van der Waals surface area contributed by atoms with E-state index in [1.54, 1.807) is 0 Å². The Kier molecular flexibility index (Phi) is 6.09. The van der Waals surface area contributed by atoms with Crippen LogP contribution in [0.25, 0.3) is 0 Å². The minimum Gasteiger partial charge on any atom is -0.481 e. The molecule has 0 aromatic heterocycles. The number of hydrogen-bond acceptors (Lipinski definition) is 2. The second-order valence-corrected chi connectivity index (χ2v) is 7.63. The van der Waals surface area contributed by atoms with Crippen molar-refractivity contribution in [2.45, 2.75) is 84.2 Å². The van der Waals surface area contributed by atoms with E-state index in [0.29, 0.717) is 18.0 Å². The molecule has 1 N–H and O–H groups in total. The van der Waals surface area contributed by atoms with Gasteiger partial charge in [0, 0.05) is 12.1 Å². The van der Waals surface area contributed by atoms with Crippen LogP contribution in [0.3, 0.4) is 0 Å². The van der Waals surface area contributed by atoms with Crippen LogP contribution in [0.2, 0.25) is 0 Å². The largest absolute Gasteiger partial charge is 0.481 e. The van der Waals surface area contributed by atoms with Gasteiger partial charge in [-0.3, -0.25) is 9.69 Å². The SMILES string of the molecule is CCCC1CCC(C(=O)O)C(N(CCC(C)C)C2CC2)C1. The maximum Gasteiger partial charge on any atom is 0.308 e. The van der Waals surface area contributed by atoms with Crippen molar-refractivity contribution in [2.75, 3.05) is 6.54 Å². The molecule has 3 nitrogen and oxygen atoms in total. The highest BCUT2D eigenvalue weighted by atomic mass is 16.4. The summed E-state index contributed by atoms with van der Waals surface area (Å²) in [5.74, 6) is 0.747. The van der Waals surface area contributed by atoms with Crippen molar-refractivity contribution in [1.29, 1.82) is 0 Å². The Labute approximate surface area is 130 Å². The van der Waals surface area contributed by atoms with Crippen LogP contribution in [-0.2, 0) is 4.79 Å². The average molecular weight is 295 g/mol. The predicted octanol–water partition coefficient (Wildman–Crippen LogP) is 4.17. The lowest BCUT2D eigenvalue weighted by Crippen LogP contribution is -2.48. The number of carbonyl (C=O) groups is 1. The summed E-state index contributed by atoms with van der Waals surface area (Å²) < 4.78 is 0. The Morgan fingerprint density at radius 1 is 1.24 bits per heavy atom.